The van der Waals surface area contributed by atoms with Crippen LogP contribution in [0.15, 0.2) is 36.7 Å². The van der Waals surface area contributed by atoms with Gasteiger partial charge in [-0.3, -0.25) is 4.79 Å². The molecule has 2 amide bonds. The third-order valence-corrected chi connectivity index (χ3v) is 4.40. The highest BCUT2D eigenvalue weighted by Crippen LogP contribution is 2.29. The first-order chi connectivity index (χ1) is 14.6. The topological polar surface area (TPSA) is 111 Å². The van der Waals surface area contributed by atoms with Gasteiger partial charge in [-0.15, -0.1) is 0 Å². The van der Waals surface area contributed by atoms with Crippen molar-refractivity contribution in [3.8, 4) is 5.75 Å². The molecule has 2 heterocycles. The highest BCUT2D eigenvalue weighted by molar-refractivity contribution is 5.97. The summed E-state index contributed by atoms with van der Waals surface area (Å²) in [7, 11) is 0. The van der Waals surface area contributed by atoms with Gasteiger partial charge in [-0.05, 0) is 19.1 Å². The molecule has 1 aliphatic rings. The fraction of sp³-hybridized carbons (Fsp3) is 0.368. The van der Waals surface area contributed by atoms with E-state index in [1.54, 1.807) is 31.2 Å². The van der Waals surface area contributed by atoms with E-state index in [-0.39, 0.29) is 31.6 Å². The van der Waals surface area contributed by atoms with Crippen LogP contribution in [0.4, 0.5) is 29.6 Å². The Morgan fingerprint density at radius 3 is 2.58 bits per heavy atom. The molecule has 0 spiro atoms. The number of primary amides is 1. The van der Waals surface area contributed by atoms with Gasteiger partial charge < -0.3 is 25.0 Å². The van der Waals surface area contributed by atoms with Crippen molar-refractivity contribution in [3.63, 3.8) is 0 Å². The number of ether oxygens (including phenoxy) is 2. The summed E-state index contributed by atoms with van der Waals surface area (Å²) in [5, 5.41) is 0. The molecule has 1 fully saturated rings. The normalized spacial score (nSPS) is 15.5. The molecule has 0 saturated carbocycles. The summed E-state index contributed by atoms with van der Waals surface area (Å²) in [5.41, 5.74) is 4.60. The molecule has 2 N–H and O–H groups in total. The summed E-state index contributed by atoms with van der Waals surface area (Å²) < 4.78 is 48.3. The number of benzene rings is 1. The van der Waals surface area contributed by atoms with Crippen LogP contribution in [0.1, 0.15) is 12.5 Å². The first-order valence-corrected chi connectivity index (χ1v) is 9.27. The predicted octanol–water partition coefficient (Wildman–Crippen LogP) is 2.21. The van der Waals surface area contributed by atoms with Gasteiger partial charge in [0.25, 0.3) is 0 Å². The molecule has 2 aromatic rings. The van der Waals surface area contributed by atoms with Crippen molar-refractivity contribution in [2.24, 2.45) is 5.73 Å². The number of nitrogens with two attached hydrogens (primary N) is 1. The minimum atomic E-state index is -4.52. The van der Waals surface area contributed by atoms with Crippen LogP contribution in [-0.4, -0.2) is 54.3 Å². The Bertz CT molecular complexity index is 939. The molecule has 9 nitrogen and oxygen atoms in total. The number of hydrogen-bond acceptors (Lipinski definition) is 7. The van der Waals surface area contributed by atoms with Gasteiger partial charge in [0.15, 0.2) is 0 Å². The summed E-state index contributed by atoms with van der Waals surface area (Å²) >= 11 is 0. The number of carbonyl (C=O) groups is 2. The molecule has 1 saturated heterocycles. The van der Waals surface area contributed by atoms with Crippen molar-refractivity contribution in [2.75, 3.05) is 36.0 Å². The maximum absolute atomic E-state index is 12.7. The van der Waals surface area contributed by atoms with Crippen molar-refractivity contribution in [2.45, 2.75) is 19.2 Å². The van der Waals surface area contributed by atoms with Crippen LogP contribution < -0.4 is 20.3 Å². The second-order valence-electron chi connectivity index (χ2n) is 6.79. The van der Waals surface area contributed by atoms with Gasteiger partial charge in [0.1, 0.15) is 25.0 Å². The first kappa shape index (κ1) is 22.1. The lowest BCUT2D eigenvalue weighted by atomic mass is 10.2. The molecule has 0 aliphatic carbocycles. The SMILES string of the molecule is CC(COc1cccc(N2CCN(c3ncc(C(F)(F)F)cn3)CC2=O)c1)OC(N)=O. The molecule has 12 heteroatoms. The number of piperazine rings is 1. The summed E-state index contributed by atoms with van der Waals surface area (Å²) in [6, 6.07) is 6.80. The van der Waals surface area contributed by atoms with Crippen molar-refractivity contribution < 1.29 is 32.2 Å². The number of hydrogen-bond donors (Lipinski definition) is 1. The van der Waals surface area contributed by atoms with E-state index in [0.29, 0.717) is 30.4 Å². The predicted molar refractivity (Wildman–Crippen MR) is 104 cm³/mol. The van der Waals surface area contributed by atoms with E-state index >= 15 is 0 Å². The minimum Gasteiger partial charge on any atom is -0.490 e. The maximum Gasteiger partial charge on any atom is 0.419 e. The fourth-order valence-electron chi connectivity index (χ4n) is 2.93. The summed E-state index contributed by atoms with van der Waals surface area (Å²) in [4.78, 5) is 33.9. The van der Waals surface area contributed by atoms with E-state index in [1.807, 2.05) is 0 Å². The Morgan fingerprint density at radius 2 is 1.97 bits per heavy atom. The number of amides is 2. The molecule has 1 aromatic carbocycles. The van der Waals surface area contributed by atoms with Crippen molar-refractivity contribution in [1.82, 2.24) is 9.97 Å². The average Bonchev–Trinajstić information content (AvgIpc) is 2.71. The second kappa shape index (κ2) is 9.06. The van der Waals surface area contributed by atoms with E-state index in [0.717, 1.165) is 0 Å². The van der Waals surface area contributed by atoms with Crippen LogP contribution >= 0.6 is 0 Å². The van der Waals surface area contributed by atoms with E-state index in [4.69, 9.17) is 15.2 Å². The molecule has 1 unspecified atom stereocenters. The molecule has 31 heavy (non-hydrogen) atoms. The zero-order valence-corrected chi connectivity index (χ0v) is 16.5. The lowest BCUT2D eigenvalue weighted by Gasteiger charge is -2.34. The van der Waals surface area contributed by atoms with Gasteiger partial charge in [-0.2, -0.15) is 13.2 Å². The Hall–Kier alpha value is -3.57. The largest absolute Gasteiger partial charge is 0.490 e. The van der Waals surface area contributed by atoms with Crippen LogP contribution in [0.3, 0.4) is 0 Å². The average molecular weight is 439 g/mol. The zero-order valence-electron chi connectivity index (χ0n) is 16.5. The van der Waals surface area contributed by atoms with E-state index in [2.05, 4.69) is 9.97 Å². The zero-order chi connectivity index (χ0) is 22.6. The molecule has 3 rings (SSSR count). The lowest BCUT2D eigenvalue weighted by molar-refractivity contribution is -0.138. The van der Waals surface area contributed by atoms with Crippen LogP contribution in [-0.2, 0) is 15.7 Å². The number of carbonyl (C=O) groups excluding carboxylic acids is 2. The van der Waals surface area contributed by atoms with Crippen molar-refractivity contribution in [3.05, 3.63) is 42.2 Å². The standard InChI is InChI=1S/C19H20F3N5O4/c1-12(31-17(23)29)11-30-15-4-2-3-14(7-15)27-6-5-26(10-16(27)28)18-24-8-13(9-25-18)19(20,21)22/h2-4,7-9,12H,5-6,10-11H2,1H3,(H2,23,29). The number of halogens is 3. The van der Waals surface area contributed by atoms with Gasteiger partial charge in [0.2, 0.25) is 11.9 Å². The van der Waals surface area contributed by atoms with Crippen molar-refractivity contribution in [1.29, 1.82) is 0 Å². The third kappa shape index (κ3) is 5.74. The smallest absolute Gasteiger partial charge is 0.419 e. The lowest BCUT2D eigenvalue weighted by Crippen LogP contribution is -2.51. The number of nitrogens with zero attached hydrogens (tertiary/aromatic N) is 4. The van der Waals surface area contributed by atoms with Crippen LogP contribution in [0, 0.1) is 0 Å². The van der Waals surface area contributed by atoms with Crippen LogP contribution in [0.5, 0.6) is 5.75 Å². The number of aromatic nitrogens is 2. The number of alkyl halides is 3. The van der Waals surface area contributed by atoms with Gasteiger partial charge in [-0.25, -0.2) is 14.8 Å². The molecular formula is C19H20F3N5O4. The first-order valence-electron chi connectivity index (χ1n) is 9.27. The van der Waals surface area contributed by atoms with Crippen LogP contribution in [0.2, 0.25) is 0 Å². The fourth-order valence-corrected chi connectivity index (χ4v) is 2.93. The maximum atomic E-state index is 12.7. The summed E-state index contributed by atoms with van der Waals surface area (Å²) in [6.07, 6.45) is -4.57. The number of anilines is 2. The highest BCUT2D eigenvalue weighted by atomic mass is 19.4. The van der Waals surface area contributed by atoms with Crippen LogP contribution in [0.25, 0.3) is 0 Å². The molecule has 0 bridgehead atoms. The van der Waals surface area contributed by atoms with Gasteiger partial charge in [0, 0.05) is 37.2 Å². The molecule has 166 valence electrons. The molecule has 0 radical (unpaired) electrons. The Morgan fingerprint density at radius 1 is 1.26 bits per heavy atom. The molecular weight excluding hydrogens is 419 g/mol. The Kier molecular flexibility index (Phi) is 6.47. The quantitative estimate of drug-likeness (QED) is 0.735. The summed E-state index contributed by atoms with van der Waals surface area (Å²) in [5.74, 6) is 0.262. The molecule has 1 aromatic heterocycles. The Labute approximate surface area is 175 Å². The van der Waals surface area contributed by atoms with E-state index in [9.17, 15) is 22.8 Å². The molecule has 1 atom stereocenters. The van der Waals surface area contributed by atoms with Gasteiger partial charge in [0.05, 0.1) is 5.56 Å². The van der Waals surface area contributed by atoms with Crippen molar-refractivity contribution >= 4 is 23.6 Å². The summed E-state index contributed by atoms with van der Waals surface area (Å²) in [6.45, 7) is 2.25. The Balaban J connectivity index is 1.62. The third-order valence-electron chi connectivity index (χ3n) is 4.40. The van der Waals surface area contributed by atoms with Gasteiger partial charge in [-0.1, -0.05) is 6.07 Å². The van der Waals surface area contributed by atoms with Gasteiger partial charge >= 0.3 is 12.3 Å². The van der Waals surface area contributed by atoms with E-state index < -0.39 is 23.9 Å². The minimum absolute atomic E-state index is 0.0570. The molecule has 1 aliphatic heterocycles. The van der Waals surface area contributed by atoms with E-state index in [1.165, 1.54) is 9.80 Å². The second-order valence-corrected chi connectivity index (χ2v) is 6.79. The highest BCUT2D eigenvalue weighted by Gasteiger charge is 2.32. The number of rotatable bonds is 6. The monoisotopic (exact) mass is 439 g/mol.